The summed E-state index contributed by atoms with van der Waals surface area (Å²) < 4.78 is 5.68. The summed E-state index contributed by atoms with van der Waals surface area (Å²) in [6, 6.07) is 15.8. The topological polar surface area (TPSA) is 38.9 Å². The number of aryl methyl sites for hydroxylation is 1. The lowest BCUT2D eigenvalue weighted by Crippen LogP contribution is -1.80. The van der Waals surface area contributed by atoms with Crippen LogP contribution in [0.2, 0.25) is 5.02 Å². The number of benzene rings is 2. The molecule has 5 heteroatoms. The minimum atomic E-state index is 0.548. The van der Waals surface area contributed by atoms with Gasteiger partial charge in [0.1, 0.15) is 0 Å². The van der Waals surface area contributed by atoms with Crippen molar-refractivity contribution in [3.8, 4) is 11.5 Å². The molecule has 0 amide bonds. The standard InChI is InChI=1S/C16H13ClN2OS/c1-11-4-2-6-13(8-11)15-18-19-16(20-15)21-10-12-5-3-7-14(17)9-12/h2-9H,10H2,1H3. The lowest BCUT2D eigenvalue weighted by Gasteiger charge is -1.99. The van der Waals surface area contributed by atoms with Gasteiger partial charge in [-0.2, -0.15) is 0 Å². The Balaban J connectivity index is 1.71. The zero-order chi connectivity index (χ0) is 14.7. The van der Waals surface area contributed by atoms with Crippen molar-refractivity contribution in [1.29, 1.82) is 0 Å². The van der Waals surface area contributed by atoms with Gasteiger partial charge in [-0.15, -0.1) is 10.2 Å². The highest BCUT2D eigenvalue weighted by Crippen LogP contribution is 2.26. The minimum absolute atomic E-state index is 0.548. The number of nitrogens with zero attached hydrogens (tertiary/aromatic N) is 2. The van der Waals surface area contributed by atoms with E-state index in [0.717, 1.165) is 21.9 Å². The van der Waals surface area contributed by atoms with Crippen LogP contribution in [0.4, 0.5) is 0 Å². The first-order valence-electron chi connectivity index (χ1n) is 6.48. The molecule has 21 heavy (non-hydrogen) atoms. The van der Waals surface area contributed by atoms with Crippen LogP contribution in [0, 0.1) is 6.92 Å². The summed E-state index contributed by atoms with van der Waals surface area (Å²) in [7, 11) is 0. The Hall–Kier alpha value is -1.78. The van der Waals surface area contributed by atoms with Gasteiger partial charge in [0.05, 0.1) is 0 Å². The van der Waals surface area contributed by atoms with Crippen molar-refractivity contribution in [3.63, 3.8) is 0 Å². The van der Waals surface area contributed by atoms with Crippen LogP contribution >= 0.6 is 23.4 Å². The van der Waals surface area contributed by atoms with E-state index in [9.17, 15) is 0 Å². The van der Waals surface area contributed by atoms with Crippen LogP contribution in [0.3, 0.4) is 0 Å². The molecule has 0 aliphatic heterocycles. The van der Waals surface area contributed by atoms with Crippen LogP contribution in [0.5, 0.6) is 0 Å². The van der Waals surface area contributed by atoms with E-state index >= 15 is 0 Å². The first kappa shape index (κ1) is 14.2. The molecule has 0 radical (unpaired) electrons. The van der Waals surface area contributed by atoms with Crippen LogP contribution in [0.25, 0.3) is 11.5 Å². The van der Waals surface area contributed by atoms with E-state index in [-0.39, 0.29) is 0 Å². The summed E-state index contributed by atoms with van der Waals surface area (Å²) in [6.07, 6.45) is 0. The molecule has 1 aromatic heterocycles. The maximum atomic E-state index is 5.96. The van der Waals surface area contributed by atoms with E-state index < -0.39 is 0 Å². The molecule has 3 aromatic rings. The van der Waals surface area contributed by atoms with E-state index in [2.05, 4.69) is 10.2 Å². The highest BCUT2D eigenvalue weighted by atomic mass is 35.5. The fraction of sp³-hybridized carbons (Fsp3) is 0.125. The first-order valence-corrected chi connectivity index (χ1v) is 7.85. The first-order chi connectivity index (χ1) is 10.2. The average Bonchev–Trinajstić information content (AvgIpc) is 2.94. The van der Waals surface area contributed by atoms with Crippen LogP contribution in [0.15, 0.2) is 58.2 Å². The van der Waals surface area contributed by atoms with Crippen molar-refractivity contribution < 1.29 is 4.42 Å². The summed E-state index contributed by atoms with van der Waals surface area (Å²) in [4.78, 5) is 0. The second-order valence-electron chi connectivity index (χ2n) is 4.66. The van der Waals surface area contributed by atoms with Crippen molar-refractivity contribution in [2.45, 2.75) is 17.9 Å². The van der Waals surface area contributed by atoms with Gasteiger partial charge in [0, 0.05) is 16.3 Å². The molecule has 0 saturated carbocycles. The fourth-order valence-electron chi connectivity index (χ4n) is 1.93. The SMILES string of the molecule is Cc1cccc(-c2nnc(SCc3cccc(Cl)c3)o2)c1. The van der Waals surface area contributed by atoms with Crippen molar-refractivity contribution >= 4 is 23.4 Å². The molecule has 0 unspecified atom stereocenters. The number of halogens is 1. The molecule has 106 valence electrons. The number of aromatic nitrogens is 2. The Morgan fingerprint density at radius 3 is 2.76 bits per heavy atom. The molecule has 0 aliphatic rings. The maximum Gasteiger partial charge on any atom is 0.277 e. The molecule has 3 rings (SSSR count). The zero-order valence-electron chi connectivity index (χ0n) is 11.4. The van der Waals surface area contributed by atoms with Gasteiger partial charge in [-0.05, 0) is 36.8 Å². The Kier molecular flexibility index (Phi) is 4.27. The summed E-state index contributed by atoms with van der Waals surface area (Å²) in [5.41, 5.74) is 3.23. The van der Waals surface area contributed by atoms with Gasteiger partial charge in [-0.1, -0.05) is 53.2 Å². The molecule has 0 N–H and O–H groups in total. The van der Waals surface area contributed by atoms with E-state index in [1.54, 1.807) is 0 Å². The Labute approximate surface area is 132 Å². The highest BCUT2D eigenvalue weighted by Gasteiger charge is 2.09. The second-order valence-corrected chi connectivity index (χ2v) is 6.02. The normalized spacial score (nSPS) is 10.8. The average molecular weight is 317 g/mol. The zero-order valence-corrected chi connectivity index (χ0v) is 13.0. The van der Waals surface area contributed by atoms with Crippen molar-refractivity contribution in [2.75, 3.05) is 0 Å². The molecule has 0 spiro atoms. The molecule has 1 heterocycles. The predicted molar refractivity (Wildman–Crippen MR) is 85.5 cm³/mol. The summed E-state index contributed by atoms with van der Waals surface area (Å²) in [5.74, 6) is 1.29. The van der Waals surface area contributed by atoms with Crippen LogP contribution in [-0.2, 0) is 5.75 Å². The third kappa shape index (κ3) is 3.65. The van der Waals surface area contributed by atoms with Crippen molar-refractivity contribution in [3.05, 3.63) is 64.7 Å². The lowest BCUT2D eigenvalue weighted by molar-refractivity contribution is 0.466. The maximum absolute atomic E-state index is 5.96. The second kappa shape index (κ2) is 6.33. The highest BCUT2D eigenvalue weighted by molar-refractivity contribution is 7.98. The summed E-state index contributed by atoms with van der Waals surface area (Å²) >= 11 is 7.47. The van der Waals surface area contributed by atoms with Gasteiger partial charge in [0.2, 0.25) is 5.89 Å². The molecule has 0 fully saturated rings. The Morgan fingerprint density at radius 1 is 1.10 bits per heavy atom. The Morgan fingerprint density at radius 2 is 1.95 bits per heavy atom. The molecule has 0 aliphatic carbocycles. The monoisotopic (exact) mass is 316 g/mol. The third-order valence-electron chi connectivity index (χ3n) is 2.92. The van der Waals surface area contributed by atoms with E-state index in [1.807, 2.05) is 55.5 Å². The summed E-state index contributed by atoms with van der Waals surface area (Å²) in [5, 5.41) is 9.46. The molecule has 0 bridgehead atoms. The van der Waals surface area contributed by atoms with Gasteiger partial charge < -0.3 is 4.42 Å². The number of thioether (sulfide) groups is 1. The largest absolute Gasteiger partial charge is 0.411 e. The van der Waals surface area contributed by atoms with Crippen molar-refractivity contribution in [2.24, 2.45) is 0 Å². The van der Waals surface area contributed by atoms with E-state index in [4.69, 9.17) is 16.0 Å². The van der Waals surface area contributed by atoms with Crippen molar-refractivity contribution in [1.82, 2.24) is 10.2 Å². The van der Waals surface area contributed by atoms with E-state index in [1.165, 1.54) is 17.3 Å². The van der Waals surface area contributed by atoms with Crippen LogP contribution < -0.4 is 0 Å². The predicted octanol–water partition coefficient (Wildman–Crippen LogP) is 4.99. The molecular formula is C16H13ClN2OS. The quantitative estimate of drug-likeness (QED) is 0.636. The number of hydrogen-bond donors (Lipinski definition) is 0. The molecule has 0 saturated heterocycles. The van der Waals surface area contributed by atoms with Crippen LogP contribution in [0.1, 0.15) is 11.1 Å². The van der Waals surface area contributed by atoms with Gasteiger partial charge in [0.15, 0.2) is 0 Å². The number of hydrogen-bond acceptors (Lipinski definition) is 4. The van der Waals surface area contributed by atoms with Gasteiger partial charge in [0.25, 0.3) is 5.22 Å². The molecular weight excluding hydrogens is 304 g/mol. The summed E-state index contributed by atoms with van der Waals surface area (Å²) in [6.45, 7) is 2.04. The number of rotatable bonds is 4. The van der Waals surface area contributed by atoms with Gasteiger partial charge in [-0.25, -0.2) is 0 Å². The molecule has 3 nitrogen and oxygen atoms in total. The molecule has 2 aromatic carbocycles. The lowest BCUT2D eigenvalue weighted by atomic mass is 10.1. The van der Waals surface area contributed by atoms with Crippen LogP contribution in [-0.4, -0.2) is 10.2 Å². The fourth-order valence-corrected chi connectivity index (χ4v) is 2.85. The van der Waals surface area contributed by atoms with E-state index in [0.29, 0.717) is 11.1 Å². The molecule has 0 atom stereocenters. The smallest absolute Gasteiger partial charge is 0.277 e. The van der Waals surface area contributed by atoms with Gasteiger partial charge in [-0.3, -0.25) is 0 Å². The Bertz CT molecular complexity index is 757. The van der Waals surface area contributed by atoms with Gasteiger partial charge >= 0.3 is 0 Å². The third-order valence-corrected chi connectivity index (χ3v) is 4.05. The minimum Gasteiger partial charge on any atom is -0.411 e.